The number of rotatable bonds is 10. The molecular formula is C16H26O3. The SMILES string of the molecule is CCCCCCCCC(O)(CO)Oc1ccccc1. The average molecular weight is 266 g/mol. The maximum atomic E-state index is 10.2. The van der Waals surface area contributed by atoms with E-state index >= 15 is 0 Å². The summed E-state index contributed by atoms with van der Waals surface area (Å²) >= 11 is 0. The number of unbranched alkanes of at least 4 members (excludes halogenated alkanes) is 5. The minimum absolute atomic E-state index is 0.378. The Hall–Kier alpha value is -1.06. The number of benzene rings is 1. The molecule has 108 valence electrons. The quantitative estimate of drug-likeness (QED) is 0.503. The summed E-state index contributed by atoms with van der Waals surface area (Å²) < 4.78 is 5.48. The second-order valence-electron chi connectivity index (χ2n) is 5.04. The van der Waals surface area contributed by atoms with E-state index in [1.165, 1.54) is 25.7 Å². The van der Waals surface area contributed by atoms with Gasteiger partial charge in [0.05, 0.1) is 0 Å². The predicted molar refractivity (Wildman–Crippen MR) is 77.1 cm³/mol. The monoisotopic (exact) mass is 266 g/mol. The van der Waals surface area contributed by atoms with Crippen molar-refractivity contribution in [2.75, 3.05) is 6.61 Å². The van der Waals surface area contributed by atoms with Crippen LogP contribution in [0.4, 0.5) is 0 Å². The zero-order valence-corrected chi connectivity index (χ0v) is 11.8. The van der Waals surface area contributed by atoms with Crippen molar-refractivity contribution in [3.63, 3.8) is 0 Å². The van der Waals surface area contributed by atoms with Crippen LogP contribution in [0.2, 0.25) is 0 Å². The summed E-state index contributed by atoms with van der Waals surface area (Å²) in [5.74, 6) is -0.864. The smallest absolute Gasteiger partial charge is 0.231 e. The lowest BCUT2D eigenvalue weighted by molar-refractivity contribution is -0.170. The Morgan fingerprint density at radius 1 is 1.00 bits per heavy atom. The van der Waals surface area contributed by atoms with Crippen LogP contribution in [0.3, 0.4) is 0 Å². The van der Waals surface area contributed by atoms with Gasteiger partial charge in [-0.25, -0.2) is 0 Å². The first-order valence-electron chi connectivity index (χ1n) is 7.27. The van der Waals surface area contributed by atoms with E-state index < -0.39 is 5.79 Å². The Morgan fingerprint density at radius 3 is 2.26 bits per heavy atom. The summed E-state index contributed by atoms with van der Waals surface area (Å²) in [5.41, 5.74) is 0. The summed E-state index contributed by atoms with van der Waals surface area (Å²) in [7, 11) is 0. The van der Waals surface area contributed by atoms with Crippen molar-refractivity contribution < 1.29 is 14.9 Å². The van der Waals surface area contributed by atoms with Crippen LogP contribution in [0.15, 0.2) is 30.3 Å². The predicted octanol–water partition coefficient (Wildman–Crippen LogP) is 3.50. The molecule has 1 atom stereocenters. The molecule has 0 aliphatic rings. The number of hydrogen-bond donors (Lipinski definition) is 2. The fourth-order valence-electron chi connectivity index (χ4n) is 2.05. The molecule has 1 aromatic rings. The molecule has 0 radical (unpaired) electrons. The highest BCUT2D eigenvalue weighted by molar-refractivity contribution is 5.21. The van der Waals surface area contributed by atoms with Crippen LogP contribution in [0.1, 0.15) is 51.9 Å². The molecule has 0 saturated heterocycles. The van der Waals surface area contributed by atoms with E-state index in [0.29, 0.717) is 12.2 Å². The van der Waals surface area contributed by atoms with Gasteiger partial charge in [-0.3, -0.25) is 0 Å². The maximum absolute atomic E-state index is 10.2. The van der Waals surface area contributed by atoms with E-state index in [2.05, 4.69) is 6.92 Å². The average Bonchev–Trinajstić information content (AvgIpc) is 2.44. The molecule has 0 aliphatic carbocycles. The van der Waals surface area contributed by atoms with E-state index in [-0.39, 0.29) is 6.61 Å². The Bertz CT molecular complexity index is 326. The lowest BCUT2D eigenvalue weighted by Gasteiger charge is -2.27. The van der Waals surface area contributed by atoms with Gasteiger partial charge < -0.3 is 14.9 Å². The maximum Gasteiger partial charge on any atom is 0.231 e. The summed E-state index contributed by atoms with van der Waals surface area (Å²) in [6.45, 7) is 1.81. The molecule has 1 aromatic carbocycles. The number of ether oxygens (including phenoxy) is 1. The van der Waals surface area contributed by atoms with Crippen molar-refractivity contribution in [3.8, 4) is 5.75 Å². The first-order chi connectivity index (χ1) is 9.20. The molecule has 2 N–H and O–H groups in total. The molecule has 3 nitrogen and oxygen atoms in total. The van der Waals surface area contributed by atoms with Gasteiger partial charge >= 0.3 is 0 Å². The van der Waals surface area contributed by atoms with Gasteiger partial charge in [-0.05, 0) is 18.6 Å². The number of para-hydroxylation sites is 1. The third-order valence-corrected chi connectivity index (χ3v) is 3.22. The molecule has 0 aliphatic heterocycles. The van der Waals surface area contributed by atoms with E-state index in [1.807, 2.05) is 18.2 Å². The summed E-state index contributed by atoms with van der Waals surface area (Å²) in [6.07, 6.45) is 7.33. The van der Waals surface area contributed by atoms with Crippen LogP contribution in [0.5, 0.6) is 5.75 Å². The molecule has 0 bridgehead atoms. The Kier molecular flexibility index (Phi) is 7.53. The number of aliphatic hydroxyl groups is 2. The molecule has 0 saturated carbocycles. The van der Waals surface area contributed by atoms with Crippen molar-refractivity contribution in [1.29, 1.82) is 0 Å². The van der Waals surface area contributed by atoms with E-state index in [4.69, 9.17) is 4.74 Å². The van der Waals surface area contributed by atoms with E-state index in [0.717, 1.165) is 12.8 Å². The van der Waals surface area contributed by atoms with Crippen LogP contribution in [0.25, 0.3) is 0 Å². The molecule has 0 heterocycles. The van der Waals surface area contributed by atoms with Crippen molar-refractivity contribution in [3.05, 3.63) is 30.3 Å². The van der Waals surface area contributed by atoms with E-state index in [1.54, 1.807) is 12.1 Å². The third kappa shape index (κ3) is 6.60. The van der Waals surface area contributed by atoms with Gasteiger partial charge in [0.25, 0.3) is 0 Å². The highest BCUT2D eigenvalue weighted by Crippen LogP contribution is 2.21. The fraction of sp³-hybridized carbons (Fsp3) is 0.625. The summed E-state index contributed by atoms with van der Waals surface area (Å²) in [5, 5.41) is 19.5. The van der Waals surface area contributed by atoms with Gasteiger partial charge in [0, 0.05) is 6.42 Å². The molecule has 19 heavy (non-hydrogen) atoms. The molecule has 3 heteroatoms. The zero-order valence-electron chi connectivity index (χ0n) is 11.8. The van der Waals surface area contributed by atoms with Gasteiger partial charge in [-0.2, -0.15) is 0 Å². The van der Waals surface area contributed by atoms with Crippen LogP contribution in [0, 0.1) is 0 Å². The van der Waals surface area contributed by atoms with Crippen molar-refractivity contribution in [1.82, 2.24) is 0 Å². The minimum atomic E-state index is -1.45. The first kappa shape index (κ1) is 16.0. The second kappa shape index (κ2) is 8.94. The standard InChI is InChI=1S/C16H26O3/c1-2-3-4-5-6-10-13-16(18,14-17)19-15-11-8-7-9-12-15/h7-9,11-12,17-18H,2-6,10,13-14H2,1H3. The Labute approximate surface area is 116 Å². The topological polar surface area (TPSA) is 49.7 Å². The lowest BCUT2D eigenvalue weighted by Crippen LogP contribution is -2.39. The minimum Gasteiger partial charge on any atom is -0.460 e. The van der Waals surface area contributed by atoms with Crippen LogP contribution in [-0.4, -0.2) is 22.6 Å². The van der Waals surface area contributed by atoms with Crippen LogP contribution in [-0.2, 0) is 0 Å². The Balaban J connectivity index is 2.30. The van der Waals surface area contributed by atoms with E-state index in [9.17, 15) is 10.2 Å². The fourth-order valence-corrected chi connectivity index (χ4v) is 2.05. The highest BCUT2D eigenvalue weighted by Gasteiger charge is 2.27. The highest BCUT2D eigenvalue weighted by atomic mass is 16.6. The van der Waals surface area contributed by atoms with Gasteiger partial charge in [0.2, 0.25) is 5.79 Å². The lowest BCUT2D eigenvalue weighted by atomic mass is 10.1. The van der Waals surface area contributed by atoms with Gasteiger partial charge in [-0.1, -0.05) is 57.2 Å². The summed E-state index contributed by atoms with van der Waals surface area (Å²) in [6, 6.07) is 9.14. The zero-order chi connectivity index (χ0) is 14.0. The van der Waals surface area contributed by atoms with Gasteiger partial charge in [-0.15, -0.1) is 0 Å². The number of aliphatic hydroxyl groups excluding tert-OH is 1. The van der Waals surface area contributed by atoms with Gasteiger partial charge in [0.1, 0.15) is 12.4 Å². The summed E-state index contributed by atoms with van der Waals surface area (Å²) in [4.78, 5) is 0. The van der Waals surface area contributed by atoms with Crippen molar-refractivity contribution >= 4 is 0 Å². The van der Waals surface area contributed by atoms with Crippen molar-refractivity contribution in [2.24, 2.45) is 0 Å². The number of hydrogen-bond acceptors (Lipinski definition) is 3. The molecular weight excluding hydrogens is 240 g/mol. The largest absolute Gasteiger partial charge is 0.460 e. The third-order valence-electron chi connectivity index (χ3n) is 3.22. The first-order valence-corrected chi connectivity index (χ1v) is 7.27. The molecule has 1 unspecified atom stereocenters. The molecule has 0 aromatic heterocycles. The molecule has 0 amide bonds. The van der Waals surface area contributed by atoms with Gasteiger partial charge in [0.15, 0.2) is 0 Å². The Morgan fingerprint density at radius 2 is 1.63 bits per heavy atom. The van der Waals surface area contributed by atoms with Crippen LogP contribution >= 0.6 is 0 Å². The second-order valence-corrected chi connectivity index (χ2v) is 5.04. The molecule has 1 rings (SSSR count). The van der Waals surface area contributed by atoms with Crippen LogP contribution < -0.4 is 4.74 Å². The van der Waals surface area contributed by atoms with Crippen molar-refractivity contribution in [2.45, 2.75) is 57.7 Å². The molecule has 0 fully saturated rings. The normalized spacial score (nSPS) is 14.1. The molecule has 0 spiro atoms.